The molecule has 0 radical (unpaired) electrons. The topological polar surface area (TPSA) is 80.4 Å². The molecular weight excluding hydrogens is 239 g/mol. The molecule has 0 aliphatic heterocycles. The van der Waals surface area contributed by atoms with Gasteiger partial charge in [-0.25, -0.2) is 4.79 Å². The zero-order valence-electron chi connectivity index (χ0n) is 9.29. The molecule has 0 atom stereocenters. The maximum absolute atomic E-state index is 11.0. The van der Waals surface area contributed by atoms with Crippen LogP contribution in [0.2, 0.25) is 0 Å². The molecule has 0 saturated heterocycles. The van der Waals surface area contributed by atoms with E-state index in [1.165, 1.54) is 19.3 Å². The van der Waals surface area contributed by atoms with Gasteiger partial charge in [-0.05, 0) is 12.8 Å². The van der Waals surface area contributed by atoms with Crippen molar-refractivity contribution in [2.24, 2.45) is 11.7 Å². The normalized spacial score (nSPS) is 16.9. The largest absolute Gasteiger partial charge is 0.490 e. The number of carboxylic acid groups (broad SMARTS) is 1. The van der Waals surface area contributed by atoms with Gasteiger partial charge in [0.2, 0.25) is 0 Å². The number of ketones is 1. The van der Waals surface area contributed by atoms with Crippen molar-refractivity contribution >= 4 is 11.8 Å². The standard InChI is InChI=1S/C8H15NO.C2HF3O2/c9-6-8(10)7-4-2-1-3-5-7;3-2(4,5)1(6)7/h7H,1-6,9H2;(H,6,7). The van der Waals surface area contributed by atoms with Crippen molar-refractivity contribution in [1.29, 1.82) is 0 Å². The summed E-state index contributed by atoms with van der Waals surface area (Å²) in [6.45, 7) is 0.241. The number of hydrogen-bond donors (Lipinski definition) is 2. The van der Waals surface area contributed by atoms with E-state index in [1.807, 2.05) is 0 Å². The average Bonchev–Trinajstić information content (AvgIpc) is 2.28. The van der Waals surface area contributed by atoms with E-state index in [-0.39, 0.29) is 12.3 Å². The molecule has 0 bridgehead atoms. The van der Waals surface area contributed by atoms with E-state index < -0.39 is 12.1 Å². The zero-order chi connectivity index (χ0) is 13.5. The Morgan fingerprint density at radius 3 is 1.88 bits per heavy atom. The number of aliphatic carboxylic acids is 1. The van der Waals surface area contributed by atoms with Gasteiger partial charge in [-0.2, -0.15) is 13.2 Å². The zero-order valence-corrected chi connectivity index (χ0v) is 9.29. The van der Waals surface area contributed by atoms with Crippen LogP contribution in [0.5, 0.6) is 0 Å². The first-order valence-electron chi connectivity index (χ1n) is 5.32. The molecule has 17 heavy (non-hydrogen) atoms. The second-order valence-electron chi connectivity index (χ2n) is 3.81. The number of rotatable bonds is 2. The molecule has 0 aromatic heterocycles. The minimum absolute atomic E-state index is 0.241. The SMILES string of the molecule is NCC(=O)C1CCCCC1.O=C(O)C(F)(F)F. The molecule has 100 valence electrons. The smallest absolute Gasteiger partial charge is 0.475 e. The van der Waals surface area contributed by atoms with Crippen LogP contribution in [-0.4, -0.2) is 29.6 Å². The third kappa shape index (κ3) is 6.93. The second-order valence-corrected chi connectivity index (χ2v) is 3.81. The van der Waals surface area contributed by atoms with Gasteiger partial charge in [-0.15, -0.1) is 0 Å². The van der Waals surface area contributed by atoms with Crippen LogP contribution in [0.15, 0.2) is 0 Å². The Bertz CT molecular complexity index is 260. The lowest BCUT2D eigenvalue weighted by Gasteiger charge is -2.19. The van der Waals surface area contributed by atoms with Gasteiger partial charge in [0.25, 0.3) is 0 Å². The number of carbonyl (C=O) groups excluding carboxylic acids is 1. The van der Waals surface area contributed by atoms with Crippen LogP contribution in [0, 0.1) is 5.92 Å². The summed E-state index contributed by atoms with van der Waals surface area (Å²) in [5, 5.41) is 7.12. The fraction of sp³-hybridized carbons (Fsp3) is 0.800. The highest BCUT2D eigenvalue weighted by atomic mass is 19.4. The van der Waals surface area contributed by atoms with Gasteiger partial charge in [0.15, 0.2) is 0 Å². The van der Waals surface area contributed by atoms with Gasteiger partial charge >= 0.3 is 12.1 Å². The van der Waals surface area contributed by atoms with Crippen LogP contribution in [-0.2, 0) is 9.59 Å². The molecule has 0 aromatic rings. The second kappa shape index (κ2) is 7.26. The van der Waals surface area contributed by atoms with Gasteiger partial charge in [0, 0.05) is 5.92 Å². The highest BCUT2D eigenvalue weighted by Crippen LogP contribution is 2.23. The van der Waals surface area contributed by atoms with Crippen molar-refractivity contribution in [3.05, 3.63) is 0 Å². The first-order valence-corrected chi connectivity index (χ1v) is 5.32. The molecule has 3 N–H and O–H groups in total. The Hall–Kier alpha value is -1.11. The Labute approximate surface area is 97.0 Å². The minimum Gasteiger partial charge on any atom is -0.475 e. The predicted octanol–water partition coefficient (Wildman–Crippen LogP) is 1.73. The lowest BCUT2D eigenvalue weighted by molar-refractivity contribution is -0.192. The van der Waals surface area contributed by atoms with Crippen LogP contribution in [0.4, 0.5) is 13.2 Å². The van der Waals surface area contributed by atoms with Crippen molar-refractivity contribution < 1.29 is 27.9 Å². The van der Waals surface area contributed by atoms with Crippen LogP contribution in [0.25, 0.3) is 0 Å². The van der Waals surface area contributed by atoms with Crippen LogP contribution < -0.4 is 5.73 Å². The molecule has 0 heterocycles. The fourth-order valence-electron chi connectivity index (χ4n) is 1.59. The predicted molar refractivity (Wildman–Crippen MR) is 54.3 cm³/mol. The summed E-state index contributed by atoms with van der Waals surface area (Å²) in [5.74, 6) is -2.19. The van der Waals surface area contributed by atoms with Crippen molar-refractivity contribution in [2.75, 3.05) is 6.54 Å². The molecule has 0 unspecified atom stereocenters. The quantitative estimate of drug-likeness (QED) is 0.787. The molecule has 0 spiro atoms. The first kappa shape index (κ1) is 15.9. The molecule has 0 aromatic carbocycles. The van der Waals surface area contributed by atoms with Gasteiger partial charge in [0.05, 0.1) is 6.54 Å². The van der Waals surface area contributed by atoms with Crippen molar-refractivity contribution in [3.8, 4) is 0 Å². The average molecular weight is 255 g/mol. The Balaban J connectivity index is 0.000000325. The summed E-state index contributed by atoms with van der Waals surface area (Å²) in [6.07, 6.45) is 0.813. The molecule has 1 rings (SSSR count). The van der Waals surface area contributed by atoms with Gasteiger partial charge in [0.1, 0.15) is 5.78 Å². The van der Waals surface area contributed by atoms with Crippen molar-refractivity contribution in [3.63, 3.8) is 0 Å². The van der Waals surface area contributed by atoms with Gasteiger partial charge in [-0.1, -0.05) is 19.3 Å². The summed E-state index contributed by atoms with van der Waals surface area (Å²) < 4.78 is 31.7. The third-order valence-corrected chi connectivity index (χ3v) is 2.50. The van der Waals surface area contributed by atoms with Gasteiger partial charge < -0.3 is 10.8 Å². The Kier molecular flexibility index (Phi) is 6.79. The van der Waals surface area contributed by atoms with E-state index in [4.69, 9.17) is 15.6 Å². The van der Waals surface area contributed by atoms with Crippen molar-refractivity contribution in [2.45, 2.75) is 38.3 Å². The number of carboxylic acids is 1. The molecule has 1 aliphatic rings. The molecule has 1 fully saturated rings. The van der Waals surface area contributed by atoms with E-state index in [0.29, 0.717) is 5.92 Å². The number of carbonyl (C=O) groups is 2. The monoisotopic (exact) mass is 255 g/mol. The van der Waals surface area contributed by atoms with E-state index >= 15 is 0 Å². The maximum Gasteiger partial charge on any atom is 0.490 e. The summed E-state index contributed by atoms with van der Waals surface area (Å²) in [7, 11) is 0. The third-order valence-electron chi connectivity index (χ3n) is 2.50. The lowest BCUT2D eigenvalue weighted by atomic mass is 9.86. The van der Waals surface area contributed by atoms with Crippen LogP contribution in [0.1, 0.15) is 32.1 Å². The molecule has 1 aliphatic carbocycles. The first-order chi connectivity index (χ1) is 7.79. The minimum atomic E-state index is -5.08. The van der Waals surface area contributed by atoms with Crippen LogP contribution >= 0.6 is 0 Å². The number of alkyl halides is 3. The van der Waals surface area contributed by atoms with E-state index in [2.05, 4.69) is 0 Å². The Morgan fingerprint density at radius 1 is 1.18 bits per heavy atom. The van der Waals surface area contributed by atoms with E-state index in [0.717, 1.165) is 12.8 Å². The molecule has 4 nitrogen and oxygen atoms in total. The summed E-state index contributed by atoms with van der Waals surface area (Å²) >= 11 is 0. The number of halogens is 3. The molecule has 0 amide bonds. The Morgan fingerprint density at radius 2 is 1.59 bits per heavy atom. The molecular formula is C10H16F3NO3. The number of Topliss-reactive ketones (excluding diaryl/α,β-unsaturated/α-hetero) is 1. The van der Waals surface area contributed by atoms with Crippen LogP contribution in [0.3, 0.4) is 0 Å². The summed E-state index contributed by atoms with van der Waals surface area (Å²) in [4.78, 5) is 19.9. The highest BCUT2D eigenvalue weighted by Gasteiger charge is 2.38. The van der Waals surface area contributed by atoms with E-state index in [9.17, 15) is 18.0 Å². The lowest BCUT2D eigenvalue weighted by Crippen LogP contribution is -2.24. The summed E-state index contributed by atoms with van der Waals surface area (Å²) in [6, 6.07) is 0. The number of nitrogens with two attached hydrogens (primary N) is 1. The van der Waals surface area contributed by atoms with Gasteiger partial charge in [-0.3, -0.25) is 4.79 Å². The maximum atomic E-state index is 11.0. The van der Waals surface area contributed by atoms with Crippen molar-refractivity contribution in [1.82, 2.24) is 0 Å². The van der Waals surface area contributed by atoms with E-state index in [1.54, 1.807) is 0 Å². The molecule has 1 saturated carbocycles. The fourth-order valence-corrected chi connectivity index (χ4v) is 1.59. The number of hydrogen-bond acceptors (Lipinski definition) is 3. The highest BCUT2D eigenvalue weighted by molar-refractivity contribution is 5.82. The summed E-state index contributed by atoms with van der Waals surface area (Å²) in [5.41, 5.74) is 5.25. The molecule has 7 heteroatoms.